The van der Waals surface area contributed by atoms with Crippen molar-refractivity contribution in [3.05, 3.63) is 36.5 Å². The highest BCUT2D eigenvalue weighted by Crippen LogP contribution is 2.40. The summed E-state index contributed by atoms with van der Waals surface area (Å²) < 4.78 is 34.4. The molecular formula is C18H23N3O3S. The summed E-state index contributed by atoms with van der Waals surface area (Å²) in [5, 5.41) is 3.69. The Morgan fingerprint density at radius 2 is 1.84 bits per heavy atom. The molecule has 1 heterocycles. The second kappa shape index (κ2) is 6.55. The molecule has 2 aliphatic carbocycles. The molecule has 0 amide bonds. The van der Waals surface area contributed by atoms with E-state index in [1.165, 1.54) is 6.20 Å². The summed E-state index contributed by atoms with van der Waals surface area (Å²) in [5.74, 6) is 1.11. The van der Waals surface area contributed by atoms with Gasteiger partial charge in [-0.05, 0) is 49.7 Å². The summed E-state index contributed by atoms with van der Waals surface area (Å²) in [5.41, 5.74) is 6.69. The van der Waals surface area contributed by atoms with Crippen molar-refractivity contribution in [3.63, 3.8) is 0 Å². The van der Waals surface area contributed by atoms with Crippen LogP contribution in [0.15, 0.2) is 45.9 Å². The maximum atomic E-state index is 13.1. The van der Waals surface area contributed by atoms with E-state index in [9.17, 15) is 8.42 Å². The minimum atomic E-state index is -3.65. The van der Waals surface area contributed by atoms with E-state index >= 15 is 0 Å². The van der Waals surface area contributed by atoms with E-state index in [1.54, 1.807) is 30.3 Å². The summed E-state index contributed by atoms with van der Waals surface area (Å²) in [6.45, 7) is 0. The Bertz CT molecular complexity index is 821. The first-order valence-corrected chi connectivity index (χ1v) is 10.3. The molecule has 134 valence electrons. The molecule has 0 radical (unpaired) electrons. The quantitative estimate of drug-likeness (QED) is 0.872. The Morgan fingerprint density at radius 1 is 1.12 bits per heavy atom. The van der Waals surface area contributed by atoms with Crippen LogP contribution < -0.4 is 10.5 Å². The highest BCUT2D eigenvalue weighted by atomic mass is 32.2. The molecule has 7 heteroatoms. The molecular weight excluding hydrogens is 338 g/mol. The molecule has 0 saturated heterocycles. The topological polar surface area (TPSA) is 98.2 Å². The van der Waals surface area contributed by atoms with E-state index in [2.05, 4.69) is 9.88 Å². The Hall–Kier alpha value is -1.70. The molecule has 1 aromatic heterocycles. The maximum absolute atomic E-state index is 13.1. The van der Waals surface area contributed by atoms with E-state index in [4.69, 9.17) is 10.3 Å². The van der Waals surface area contributed by atoms with Crippen LogP contribution in [0.2, 0.25) is 0 Å². The summed E-state index contributed by atoms with van der Waals surface area (Å²) >= 11 is 0. The fourth-order valence-electron chi connectivity index (χ4n) is 4.48. The van der Waals surface area contributed by atoms with Gasteiger partial charge in [-0.25, -0.2) is 13.1 Å². The zero-order valence-corrected chi connectivity index (χ0v) is 14.8. The highest BCUT2D eigenvalue weighted by molar-refractivity contribution is 7.89. The van der Waals surface area contributed by atoms with Crippen LogP contribution in [0.4, 0.5) is 0 Å². The predicted octanol–water partition coefficient (Wildman–Crippen LogP) is 2.53. The van der Waals surface area contributed by atoms with Gasteiger partial charge in [-0.2, -0.15) is 0 Å². The van der Waals surface area contributed by atoms with Crippen molar-refractivity contribution in [1.82, 2.24) is 9.88 Å². The molecule has 2 aromatic rings. The number of fused-ring (bicyclic) bond motifs is 2. The lowest BCUT2D eigenvalue weighted by Gasteiger charge is -2.45. The molecule has 2 atom stereocenters. The molecule has 2 fully saturated rings. The van der Waals surface area contributed by atoms with Crippen LogP contribution in [-0.2, 0) is 10.0 Å². The number of hydrogen-bond acceptors (Lipinski definition) is 5. The van der Waals surface area contributed by atoms with Crippen molar-refractivity contribution in [2.45, 2.75) is 49.1 Å². The zero-order valence-electron chi connectivity index (χ0n) is 14.0. The molecule has 25 heavy (non-hydrogen) atoms. The first-order valence-electron chi connectivity index (χ1n) is 8.82. The third-order valence-corrected chi connectivity index (χ3v) is 7.07. The van der Waals surface area contributed by atoms with Gasteiger partial charge < -0.3 is 10.3 Å². The number of hydrogen-bond donors (Lipinski definition) is 2. The minimum Gasteiger partial charge on any atom is -0.356 e. The number of aromatic nitrogens is 1. The third-order valence-electron chi connectivity index (χ3n) is 5.55. The van der Waals surface area contributed by atoms with Gasteiger partial charge in [-0.1, -0.05) is 23.7 Å². The predicted molar refractivity (Wildman–Crippen MR) is 94.1 cm³/mol. The SMILES string of the molecule is NC1CC2CCCC(C1)C2NS(=O)(=O)c1ccccc1-c1ccno1. The largest absolute Gasteiger partial charge is 0.356 e. The summed E-state index contributed by atoms with van der Waals surface area (Å²) in [6, 6.07) is 8.72. The van der Waals surface area contributed by atoms with Gasteiger partial charge in [-0.15, -0.1) is 0 Å². The monoisotopic (exact) mass is 361 g/mol. The molecule has 6 nitrogen and oxygen atoms in total. The van der Waals surface area contributed by atoms with Crippen molar-refractivity contribution < 1.29 is 12.9 Å². The minimum absolute atomic E-state index is 0.0265. The average Bonchev–Trinajstić information content (AvgIpc) is 3.10. The normalized spacial score (nSPS) is 29.5. The van der Waals surface area contributed by atoms with E-state index in [-0.39, 0.29) is 17.0 Å². The van der Waals surface area contributed by atoms with E-state index in [0.717, 1.165) is 32.1 Å². The van der Waals surface area contributed by atoms with Gasteiger partial charge >= 0.3 is 0 Å². The second-order valence-electron chi connectivity index (χ2n) is 7.20. The summed E-state index contributed by atoms with van der Waals surface area (Å²) in [7, 11) is -3.65. The number of benzene rings is 1. The van der Waals surface area contributed by atoms with Gasteiger partial charge in [0.1, 0.15) is 0 Å². The van der Waals surface area contributed by atoms with Gasteiger partial charge in [0.15, 0.2) is 5.76 Å². The smallest absolute Gasteiger partial charge is 0.241 e. The van der Waals surface area contributed by atoms with Crippen molar-refractivity contribution in [3.8, 4) is 11.3 Å². The molecule has 2 unspecified atom stereocenters. The van der Waals surface area contributed by atoms with Gasteiger partial charge in [-0.3, -0.25) is 0 Å². The number of nitrogens with two attached hydrogens (primary N) is 1. The van der Waals surface area contributed by atoms with E-state index < -0.39 is 10.0 Å². The van der Waals surface area contributed by atoms with Gasteiger partial charge in [0, 0.05) is 23.7 Å². The molecule has 2 bridgehead atoms. The van der Waals surface area contributed by atoms with Crippen LogP contribution in [-0.4, -0.2) is 25.7 Å². The summed E-state index contributed by atoms with van der Waals surface area (Å²) in [6.07, 6.45) is 6.55. The van der Waals surface area contributed by atoms with Crippen molar-refractivity contribution >= 4 is 10.0 Å². The molecule has 3 N–H and O–H groups in total. The van der Waals surface area contributed by atoms with Crippen LogP contribution >= 0.6 is 0 Å². The van der Waals surface area contributed by atoms with Crippen molar-refractivity contribution in [2.75, 3.05) is 0 Å². The summed E-state index contributed by atoms with van der Waals surface area (Å²) in [4.78, 5) is 0.236. The molecule has 4 rings (SSSR count). The third kappa shape index (κ3) is 3.23. The van der Waals surface area contributed by atoms with E-state index in [1.807, 2.05) is 0 Å². The Labute approximate surface area is 147 Å². The Morgan fingerprint density at radius 3 is 2.52 bits per heavy atom. The molecule has 2 saturated carbocycles. The first-order chi connectivity index (χ1) is 12.0. The zero-order chi connectivity index (χ0) is 17.4. The maximum Gasteiger partial charge on any atom is 0.241 e. The molecule has 0 spiro atoms. The van der Waals surface area contributed by atoms with Gasteiger partial charge in [0.2, 0.25) is 10.0 Å². The van der Waals surface area contributed by atoms with Crippen LogP contribution in [0.5, 0.6) is 0 Å². The molecule has 0 aliphatic heterocycles. The molecule has 1 aromatic carbocycles. The number of nitrogens with one attached hydrogen (secondary N) is 1. The van der Waals surface area contributed by atoms with Gasteiger partial charge in [0.05, 0.1) is 11.1 Å². The van der Waals surface area contributed by atoms with Crippen LogP contribution in [0.25, 0.3) is 11.3 Å². The average molecular weight is 361 g/mol. The standard InChI is InChI=1S/C18H23N3O3S/c19-14-10-12-4-3-5-13(11-14)18(12)21-25(22,23)17-7-2-1-6-15(17)16-8-9-20-24-16/h1-2,6-9,12-14,18,21H,3-5,10-11,19H2. The lowest BCUT2D eigenvalue weighted by molar-refractivity contribution is 0.125. The van der Waals surface area contributed by atoms with Gasteiger partial charge in [0.25, 0.3) is 0 Å². The fraction of sp³-hybridized carbons (Fsp3) is 0.500. The van der Waals surface area contributed by atoms with E-state index in [0.29, 0.717) is 23.2 Å². The lowest BCUT2D eigenvalue weighted by atomic mass is 9.67. The van der Waals surface area contributed by atoms with Crippen LogP contribution in [0.1, 0.15) is 32.1 Å². The lowest BCUT2D eigenvalue weighted by Crippen LogP contribution is -2.53. The highest BCUT2D eigenvalue weighted by Gasteiger charge is 2.41. The van der Waals surface area contributed by atoms with Crippen LogP contribution in [0.3, 0.4) is 0 Å². The second-order valence-corrected chi connectivity index (χ2v) is 8.88. The Balaban J connectivity index is 1.65. The molecule has 2 aliphatic rings. The first kappa shape index (κ1) is 16.8. The Kier molecular flexibility index (Phi) is 4.39. The van der Waals surface area contributed by atoms with Crippen LogP contribution in [0, 0.1) is 11.8 Å². The fourth-order valence-corrected chi connectivity index (χ4v) is 6.07. The number of rotatable bonds is 4. The van der Waals surface area contributed by atoms with Crippen molar-refractivity contribution in [2.24, 2.45) is 17.6 Å². The number of sulfonamides is 1. The van der Waals surface area contributed by atoms with Crippen molar-refractivity contribution in [1.29, 1.82) is 0 Å². The number of nitrogens with zero attached hydrogens (tertiary/aromatic N) is 1.